The summed E-state index contributed by atoms with van der Waals surface area (Å²) in [6, 6.07) is 5.69. The van der Waals surface area contributed by atoms with Crippen molar-refractivity contribution < 1.29 is 4.74 Å². The zero-order valence-corrected chi connectivity index (χ0v) is 8.45. The fourth-order valence-corrected chi connectivity index (χ4v) is 1.18. The molecule has 0 aliphatic carbocycles. The number of benzene rings is 1. The highest BCUT2D eigenvalue weighted by atomic mass is 16.5. The molecule has 0 spiro atoms. The van der Waals surface area contributed by atoms with Gasteiger partial charge in [0.2, 0.25) is 0 Å². The molecule has 76 valence electrons. The first-order chi connectivity index (χ1) is 6.65. The number of ether oxygens (including phenoxy) is 1. The lowest BCUT2D eigenvalue weighted by molar-refractivity contribution is 0.341. The van der Waals surface area contributed by atoms with Crippen LogP contribution in [0.15, 0.2) is 23.2 Å². The molecule has 0 saturated carbocycles. The zero-order valence-electron chi connectivity index (χ0n) is 8.45. The number of hydrogen-bond acceptors (Lipinski definition) is 2. The van der Waals surface area contributed by atoms with Crippen LogP contribution >= 0.6 is 0 Å². The Morgan fingerprint density at radius 3 is 2.71 bits per heavy atom. The Morgan fingerprint density at radius 2 is 2.14 bits per heavy atom. The molecule has 14 heavy (non-hydrogen) atoms. The summed E-state index contributed by atoms with van der Waals surface area (Å²) in [5, 5.41) is 0. The number of para-hydroxylation sites is 1. The quantitative estimate of drug-likeness (QED) is 0.561. The van der Waals surface area contributed by atoms with E-state index >= 15 is 0 Å². The predicted molar refractivity (Wildman–Crippen MR) is 57.8 cm³/mol. The van der Waals surface area contributed by atoms with Crippen molar-refractivity contribution in [3.63, 3.8) is 0 Å². The van der Waals surface area contributed by atoms with E-state index in [1.807, 2.05) is 32.0 Å². The summed E-state index contributed by atoms with van der Waals surface area (Å²) in [7, 11) is 0. The van der Waals surface area contributed by atoms with Crippen molar-refractivity contribution in [3.05, 3.63) is 23.8 Å². The maximum atomic E-state index is 5.40. The summed E-state index contributed by atoms with van der Waals surface area (Å²) in [4.78, 5) is 4.02. The van der Waals surface area contributed by atoms with Gasteiger partial charge in [0.15, 0.2) is 5.96 Å². The first-order valence-electron chi connectivity index (χ1n) is 4.47. The van der Waals surface area contributed by atoms with Crippen LogP contribution in [0.3, 0.4) is 0 Å². The molecular formula is C10H15N3O. The molecule has 0 bridgehead atoms. The van der Waals surface area contributed by atoms with Crippen LogP contribution in [0.2, 0.25) is 0 Å². The van der Waals surface area contributed by atoms with E-state index in [4.69, 9.17) is 16.2 Å². The minimum absolute atomic E-state index is 0.0419. The Balaban J connectivity index is 3.15. The predicted octanol–water partition coefficient (Wildman–Crippen LogP) is 1.30. The van der Waals surface area contributed by atoms with E-state index in [-0.39, 0.29) is 5.96 Å². The van der Waals surface area contributed by atoms with Gasteiger partial charge in [-0.05, 0) is 25.5 Å². The van der Waals surface area contributed by atoms with Gasteiger partial charge in [0.05, 0.1) is 6.61 Å². The molecule has 0 amide bonds. The van der Waals surface area contributed by atoms with Gasteiger partial charge in [-0.25, -0.2) is 4.99 Å². The van der Waals surface area contributed by atoms with Crippen LogP contribution in [0.4, 0.5) is 5.69 Å². The Kier molecular flexibility index (Phi) is 3.34. The normalized spacial score (nSPS) is 9.57. The minimum atomic E-state index is 0.0419. The smallest absolute Gasteiger partial charge is 0.191 e. The van der Waals surface area contributed by atoms with E-state index in [1.54, 1.807) is 0 Å². The van der Waals surface area contributed by atoms with E-state index < -0.39 is 0 Å². The van der Waals surface area contributed by atoms with Crippen molar-refractivity contribution in [2.75, 3.05) is 6.61 Å². The second kappa shape index (κ2) is 4.50. The van der Waals surface area contributed by atoms with E-state index in [0.717, 1.165) is 5.56 Å². The highest BCUT2D eigenvalue weighted by Gasteiger charge is 2.04. The van der Waals surface area contributed by atoms with Gasteiger partial charge in [0, 0.05) is 0 Å². The number of hydrogen-bond donors (Lipinski definition) is 2. The van der Waals surface area contributed by atoms with Crippen molar-refractivity contribution >= 4 is 11.6 Å². The number of nitrogens with two attached hydrogens (primary N) is 2. The van der Waals surface area contributed by atoms with Gasteiger partial charge in [-0.1, -0.05) is 12.1 Å². The van der Waals surface area contributed by atoms with Crippen LogP contribution in [0.5, 0.6) is 5.75 Å². The average Bonchev–Trinajstić information content (AvgIpc) is 2.11. The van der Waals surface area contributed by atoms with Gasteiger partial charge in [-0.15, -0.1) is 0 Å². The third-order valence-corrected chi connectivity index (χ3v) is 1.74. The van der Waals surface area contributed by atoms with Crippen molar-refractivity contribution in [1.29, 1.82) is 0 Å². The lowest BCUT2D eigenvalue weighted by Gasteiger charge is -2.08. The zero-order chi connectivity index (χ0) is 10.6. The Hall–Kier alpha value is -1.71. The topological polar surface area (TPSA) is 73.6 Å². The summed E-state index contributed by atoms with van der Waals surface area (Å²) in [6.07, 6.45) is 0. The molecule has 0 saturated heterocycles. The van der Waals surface area contributed by atoms with Crippen molar-refractivity contribution in [2.45, 2.75) is 13.8 Å². The number of guanidine groups is 1. The number of aryl methyl sites for hydroxylation is 1. The van der Waals surface area contributed by atoms with Crippen LogP contribution in [-0.2, 0) is 0 Å². The van der Waals surface area contributed by atoms with Crippen molar-refractivity contribution in [2.24, 2.45) is 16.5 Å². The lowest BCUT2D eigenvalue weighted by atomic mass is 10.2. The molecule has 0 radical (unpaired) electrons. The van der Waals surface area contributed by atoms with Gasteiger partial charge in [0.25, 0.3) is 0 Å². The fourth-order valence-electron chi connectivity index (χ4n) is 1.18. The largest absolute Gasteiger partial charge is 0.492 e. The average molecular weight is 193 g/mol. The van der Waals surface area contributed by atoms with E-state index in [2.05, 4.69) is 4.99 Å². The van der Waals surface area contributed by atoms with E-state index in [0.29, 0.717) is 18.0 Å². The molecule has 1 aromatic rings. The highest BCUT2D eigenvalue weighted by molar-refractivity contribution is 5.80. The molecule has 1 aromatic carbocycles. The van der Waals surface area contributed by atoms with Gasteiger partial charge in [-0.3, -0.25) is 0 Å². The Morgan fingerprint density at radius 1 is 1.43 bits per heavy atom. The molecule has 0 atom stereocenters. The summed E-state index contributed by atoms with van der Waals surface area (Å²) in [5.74, 6) is 0.751. The second-order valence-corrected chi connectivity index (χ2v) is 2.89. The molecule has 0 aliphatic heterocycles. The molecule has 0 aliphatic rings. The van der Waals surface area contributed by atoms with Gasteiger partial charge in [-0.2, -0.15) is 0 Å². The second-order valence-electron chi connectivity index (χ2n) is 2.89. The van der Waals surface area contributed by atoms with Crippen LogP contribution in [0.1, 0.15) is 12.5 Å². The molecule has 4 N–H and O–H groups in total. The van der Waals surface area contributed by atoms with Crippen LogP contribution in [0, 0.1) is 6.92 Å². The molecule has 4 nitrogen and oxygen atoms in total. The lowest BCUT2D eigenvalue weighted by Crippen LogP contribution is -2.22. The first kappa shape index (κ1) is 10.4. The molecular weight excluding hydrogens is 178 g/mol. The fraction of sp³-hybridized carbons (Fsp3) is 0.300. The molecule has 0 aromatic heterocycles. The van der Waals surface area contributed by atoms with Crippen molar-refractivity contribution in [3.8, 4) is 5.75 Å². The Labute approximate surface area is 83.6 Å². The first-order valence-corrected chi connectivity index (χ1v) is 4.47. The summed E-state index contributed by atoms with van der Waals surface area (Å²) in [6.45, 7) is 4.45. The molecule has 0 heterocycles. The molecule has 0 unspecified atom stereocenters. The summed E-state index contributed by atoms with van der Waals surface area (Å²) < 4.78 is 5.40. The Bertz CT molecular complexity index is 343. The van der Waals surface area contributed by atoms with Crippen LogP contribution in [0.25, 0.3) is 0 Å². The summed E-state index contributed by atoms with van der Waals surface area (Å²) in [5.41, 5.74) is 12.4. The number of aliphatic imine (C=N–C) groups is 1. The minimum Gasteiger partial charge on any atom is -0.492 e. The number of nitrogens with zero attached hydrogens (tertiary/aromatic N) is 1. The van der Waals surface area contributed by atoms with Gasteiger partial charge < -0.3 is 16.2 Å². The SMILES string of the molecule is CCOc1cccc(C)c1N=C(N)N. The number of rotatable bonds is 3. The maximum Gasteiger partial charge on any atom is 0.191 e. The van der Waals surface area contributed by atoms with Gasteiger partial charge >= 0.3 is 0 Å². The van der Waals surface area contributed by atoms with Gasteiger partial charge in [0.1, 0.15) is 11.4 Å². The third-order valence-electron chi connectivity index (χ3n) is 1.74. The molecule has 4 heteroatoms. The monoisotopic (exact) mass is 193 g/mol. The van der Waals surface area contributed by atoms with Crippen LogP contribution in [-0.4, -0.2) is 12.6 Å². The maximum absolute atomic E-state index is 5.40. The molecule has 0 fully saturated rings. The summed E-state index contributed by atoms with van der Waals surface area (Å²) >= 11 is 0. The van der Waals surface area contributed by atoms with Crippen LogP contribution < -0.4 is 16.2 Å². The molecule has 1 rings (SSSR count). The van der Waals surface area contributed by atoms with Crippen molar-refractivity contribution in [1.82, 2.24) is 0 Å². The highest BCUT2D eigenvalue weighted by Crippen LogP contribution is 2.30. The van der Waals surface area contributed by atoms with E-state index in [1.165, 1.54) is 0 Å². The third kappa shape index (κ3) is 2.39. The standard InChI is InChI=1S/C10H15N3O/c1-3-14-8-6-4-5-7(2)9(8)13-10(11)12/h4-6H,3H2,1-2H3,(H4,11,12,13). The van der Waals surface area contributed by atoms with E-state index in [9.17, 15) is 0 Å².